The lowest BCUT2D eigenvalue weighted by molar-refractivity contribution is 0.591. The van der Waals surface area contributed by atoms with Gasteiger partial charge in [0.05, 0.1) is 0 Å². The molecular formula is C44H33OP. The lowest BCUT2D eigenvalue weighted by Crippen LogP contribution is -2.18. The molecule has 0 unspecified atom stereocenters. The Morgan fingerprint density at radius 3 is 1.48 bits per heavy atom. The van der Waals surface area contributed by atoms with E-state index in [1.165, 1.54) is 0 Å². The van der Waals surface area contributed by atoms with Gasteiger partial charge in [-0.05, 0) is 62.8 Å². The first-order chi connectivity index (χ1) is 22.7. The molecule has 0 aromatic heterocycles. The Kier molecular flexibility index (Phi) is 8.42. The van der Waals surface area contributed by atoms with Gasteiger partial charge in [-0.1, -0.05) is 182 Å². The molecule has 220 valence electrons. The van der Waals surface area contributed by atoms with Crippen molar-refractivity contribution in [3.8, 4) is 0 Å². The van der Waals surface area contributed by atoms with Crippen molar-refractivity contribution in [2.24, 2.45) is 0 Å². The fraction of sp³-hybridized carbons (Fsp3) is 0. The Hall–Kier alpha value is -5.49. The Morgan fingerprint density at radius 2 is 0.935 bits per heavy atom. The van der Waals surface area contributed by atoms with Gasteiger partial charge in [0.2, 0.25) is 0 Å². The van der Waals surface area contributed by atoms with Crippen LogP contribution in [-0.2, 0) is 4.57 Å². The zero-order valence-corrected chi connectivity index (χ0v) is 26.3. The van der Waals surface area contributed by atoms with E-state index in [9.17, 15) is 0 Å². The molecule has 0 saturated carbocycles. The second-order valence-corrected chi connectivity index (χ2v) is 14.0. The van der Waals surface area contributed by atoms with Crippen LogP contribution < -0.4 is 10.6 Å². The summed E-state index contributed by atoms with van der Waals surface area (Å²) in [5, 5.41) is 2.41. The van der Waals surface area contributed by atoms with Crippen LogP contribution in [0.3, 0.4) is 0 Å². The highest BCUT2D eigenvalue weighted by Gasteiger charge is 2.36. The first-order valence-electron chi connectivity index (χ1n) is 15.5. The van der Waals surface area contributed by atoms with E-state index in [0.29, 0.717) is 0 Å². The largest absolute Gasteiger partial charge is 0.309 e. The van der Waals surface area contributed by atoms with Gasteiger partial charge in [0, 0.05) is 15.9 Å². The van der Waals surface area contributed by atoms with E-state index in [1.807, 2.05) is 78.9 Å². The molecule has 1 nitrogen and oxygen atoms in total. The SMILES string of the molecule is O=P(/C(=C\C=C(c1ccccc1)c1ccccc1)C1=Cc2ccccc2/C1=C\c1ccccc1)(c1ccccc1)c1ccccc1. The van der Waals surface area contributed by atoms with E-state index in [1.54, 1.807) is 0 Å². The molecule has 0 aliphatic heterocycles. The molecule has 0 amide bonds. The van der Waals surface area contributed by atoms with Crippen molar-refractivity contribution >= 4 is 41.0 Å². The summed E-state index contributed by atoms with van der Waals surface area (Å²) in [4.78, 5) is 0. The molecule has 0 saturated heterocycles. The molecule has 6 aromatic rings. The molecule has 1 aliphatic carbocycles. The fourth-order valence-corrected chi connectivity index (χ4v) is 9.00. The van der Waals surface area contributed by atoms with Crippen LogP contribution in [0.25, 0.3) is 23.3 Å². The van der Waals surface area contributed by atoms with Gasteiger partial charge >= 0.3 is 0 Å². The summed E-state index contributed by atoms with van der Waals surface area (Å²) in [5.41, 5.74) is 8.65. The molecule has 2 heteroatoms. The van der Waals surface area contributed by atoms with E-state index < -0.39 is 7.14 Å². The zero-order valence-electron chi connectivity index (χ0n) is 25.4. The molecule has 7 rings (SSSR count). The quantitative estimate of drug-likeness (QED) is 0.124. The topological polar surface area (TPSA) is 17.1 Å². The van der Waals surface area contributed by atoms with Crippen LogP contribution in [0, 0.1) is 0 Å². The van der Waals surface area contributed by atoms with Crippen molar-refractivity contribution in [2.75, 3.05) is 0 Å². The average molecular weight is 609 g/mol. The zero-order chi connectivity index (χ0) is 31.2. The second kappa shape index (κ2) is 13.2. The van der Waals surface area contributed by atoms with Crippen LogP contribution in [0.1, 0.15) is 27.8 Å². The summed E-state index contributed by atoms with van der Waals surface area (Å²) >= 11 is 0. The number of allylic oxidation sites excluding steroid dienone is 5. The third kappa shape index (κ3) is 5.82. The number of hydrogen-bond acceptors (Lipinski definition) is 1. The maximum absolute atomic E-state index is 16.2. The molecule has 0 N–H and O–H groups in total. The Labute approximate surface area is 271 Å². The van der Waals surface area contributed by atoms with Gasteiger partial charge in [0.1, 0.15) is 0 Å². The summed E-state index contributed by atoms with van der Waals surface area (Å²) in [6, 6.07) is 59.6. The number of hydrogen-bond donors (Lipinski definition) is 0. The van der Waals surface area contributed by atoms with Crippen LogP contribution in [0.4, 0.5) is 0 Å². The minimum atomic E-state index is -3.39. The molecule has 1 aliphatic rings. The lowest BCUT2D eigenvalue weighted by Gasteiger charge is -2.25. The Morgan fingerprint density at radius 1 is 0.478 bits per heavy atom. The average Bonchev–Trinajstić information content (AvgIpc) is 3.49. The molecule has 46 heavy (non-hydrogen) atoms. The van der Waals surface area contributed by atoms with E-state index in [0.717, 1.165) is 60.5 Å². The molecule has 0 heterocycles. The summed E-state index contributed by atoms with van der Waals surface area (Å²) in [7, 11) is -3.39. The monoisotopic (exact) mass is 608 g/mol. The van der Waals surface area contributed by atoms with Gasteiger partial charge in [0.25, 0.3) is 0 Å². The molecule has 0 spiro atoms. The van der Waals surface area contributed by atoms with Crippen molar-refractivity contribution in [1.29, 1.82) is 0 Å². The maximum Gasteiger partial charge on any atom is 0.171 e. The first-order valence-corrected chi connectivity index (χ1v) is 17.3. The first kappa shape index (κ1) is 29.2. The molecule has 0 atom stereocenters. The molecular weight excluding hydrogens is 575 g/mol. The normalized spacial score (nSPS) is 13.6. The van der Waals surface area contributed by atoms with Crippen molar-refractivity contribution < 1.29 is 4.57 Å². The van der Waals surface area contributed by atoms with Gasteiger partial charge in [0.15, 0.2) is 7.14 Å². The van der Waals surface area contributed by atoms with E-state index >= 15 is 4.57 Å². The van der Waals surface area contributed by atoms with Crippen molar-refractivity contribution in [1.82, 2.24) is 0 Å². The lowest BCUT2D eigenvalue weighted by atomic mass is 9.96. The van der Waals surface area contributed by atoms with Crippen LogP contribution in [-0.4, -0.2) is 0 Å². The van der Waals surface area contributed by atoms with Gasteiger partial charge in [-0.2, -0.15) is 0 Å². The predicted molar refractivity (Wildman–Crippen MR) is 197 cm³/mol. The second-order valence-electron chi connectivity index (χ2n) is 11.3. The van der Waals surface area contributed by atoms with Crippen LogP contribution in [0.5, 0.6) is 0 Å². The summed E-state index contributed by atoms with van der Waals surface area (Å²) in [6.45, 7) is 0. The van der Waals surface area contributed by atoms with E-state index in [4.69, 9.17) is 0 Å². The van der Waals surface area contributed by atoms with Crippen molar-refractivity contribution in [3.05, 3.63) is 227 Å². The summed E-state index contributed by atoms with van der Waals surface area (Å²) in [6.07, 6.45) is 8.72. The highest BCUT2D eigenvalue weighted by atomic mass is 31.2. The highest BCUT2D eigenvalue weighted by Crippen LogP contribution is 2.59. The van der Waals surface area contributed by atoms with Crippen LogP contribution in [0.2, 0.25) is 0 Å². The number of fused-ring (bicyclic) bond motifs is 1. The molecule has 0 fully saturated rings. The highest BCUT2D eigenvalue weighted by molar-refractivity contribution is 7.82. The van der Waals surface area contributed by atoms with E-state index in [-0.39, 0.29) is 0 Å². The minimum absolute atomic E-state index is 0.799. The van der Waals surface area contributed by atoms with Gasteiger partial charge in [-0.25, -0.2) is 0 Å². The molecule has 0 bridgehead atoms. The third-order valence-corrected chi connectivity index (χ3v) is 11.5. The maximum atomic E-state index is 16.2. The van der Waals surface area contributed by atoms with Crippen molar-refractivity contribution in [3.63, 3.8) is 0 Å². The smallest absolute Gasteiger partial charge is 0.171 e. The number of benzene rings is 6. The molecule has 6 aromatic carbocycles. The minimum Gasteiger partial charge on any atom is -0.309 e. The predicted octanol–water partition coefficient (Wildman–Crippen LogP) is 10.7. The summed E-state index contributed by atoms with van der Waals surface area (Å²) in [5.74, 6) is 0. The standard InChI is InChI=1S/C44H33OP/c45-46(38-25-12-4-13-26-38,39-27-14-5-15-28-39)44(31-30-40(35-20-8-2-9-21-35)36-22-10-3-11-23-36)43-33-37-24-16-17-29-41(37)42(43)32-34-18-6-1-7-19-34/h1-33H/b42-32+,44-31-. The Balaban J connectivity index is 1.55. The van der Waals surface area contributed by atoms with Gasteiger partial charge in [-0.3, -0.25) is 0 Å². The summed E-state index contributed by atoms with van der Waals surface area (Å²) < 4.78 is 16.2. The van der Waals surface area contributed by atoms with E-state index in [2.05, 4.69) is 121 Å². The van der Waals surface area contributed by atoms with Crippen LogP contribution in [0.15, 0.2) is 199 Å². The fourth-order valence-electron chi connectivity index (χ4n) is 6.15. The van der Waals surface area contributed by atoms with Crippen molar-refractivity contribution in [2.45, 2.75) is 0 Å². The van der Waals surface area contributed by atoms with Gasteiger partial charge in [-0.15, -0.1) is 0 Å². The molecule has 0 radical (unpaired) electrons. The number of rotatable bonds is 8. The van der Waals surface area contributed by atoms with Gasteiger partial charge < -0.3 is 4.57 Å². The third-order valence-electron chi connectivity index (χ3n) is 8.38. The van der Waals surface area contributed by atoms with Crippen LogP contribution >= 0.6 is 7.14 Å². The Bertz CT molecular complexity index is 2040.